The molecule has 0 saturated carbocycles. The van der Waals surface area contributed by atoms with Gasteiger partial charge in [-0.05, 0) is 30.7 Å². The highest BCUT2D eigenvalue weighted by molar-refractivity contribution is 5.94. The molecule has 0 aliphatic heterocycles. The Morgan fingerprint density at radius 1 is 1.06 bits per heavy atom. The van der Waals surface area contributed by atoms with E-state index >= 15 is 0 Å². The number of hydrogen-bond acceptors (Lipinski definition) is 4. The molecule has 8 heteroatoms. The van der Waals surface area contributed by atoms with E-state index in [1.807, 2.05) is 25.1 Å². The van der Waals surface area contributed by atoms with Gasteiger partial charge in [-0.25, -0.2) is 4.39 Å². The number of rotatable bonds is 11. The van der Waals surface area contributed by atoms with Gasteiger partial charge in [0.25, 0.3) is 5.91 Å². The summed E-state index contributed by atoms with van der Waals surface area (Å²) in [6.07, 6.45) is 0.819. The summed E-state index contributed by atoms with van der Waals surface area (Å²) in [6, 6.07) is 12.0. The summed E-state index contributed by atoms with van der Waals surface area (Å²) in [7, 11) is 3.34. The quantitative estimate of drug-likeness (QED) is 0.290. The van der Waals surface area contributed by atoms with E-state index in [2.05, 4.69) is 20.9 Å². The summed E-state index contributed by atoms with van der Waals surface area (Å²) in [5.41, 5.74) is 2.17. The Balaban J connectivity index is 1.79. The van der Waals surface area contributed by atoms with Crippen molar-refractivity contribution in [3.05, 3.63) is 65.0 Å². The maximum absolute atomic E-state index is 13.6. The van der Waals surface area contributed by atoms with Crippen molar-refractivity contribution in [3.8, 4) is 5.75 Å². The van der Waals surface area contributed by atoms with Crippen LogP contribution in [0.5, 0.6) is 5.75 Å². The van der Waals surface area contributed by atoms with E-state index in [4.69, 9.17) is 9.47 Å². The Morgan fingerprint density at radius 2 is 1.84 bits per heavy atom. The molecule has 3 N–H and O–H groups in total. The fourth-order valence-corrected chi connectivity index (χ4v) is 2.82. The monoisotopic (exact) mass is 430 g/mol. The molecular formula is C23H31FN4O3. The molecule has 1 amide bonds. The Hall–Kier alpha value is -3.13. The number of benzene rings is 2. The number of aryl methyl sites for hydroxylation is 1. The van der Waals surface area contributed by atoms with Crippen LogP contribution in [0.3, 0.4) is 0 Å². The molecule has 0 radical (unpaired) electrons. The molecule has 0 spiro atoms. The first-order valence-electron chi connectivity index (χ1n) is 10.2. The molecule has 31 heavy (non-hydrogen) atoms. The van der Waals surface area contributed by atoms with Crippen LogP contribution in [-0.2, 0) is 11.3 Å². The number of nitrogens with zero attached hydrogens (tertiary/aromatic N) is 1. The number of carbonyl (C=O) groups excluding carboxylic acids is 1. The summed E-state index contributed by atoms with van der Waals surface area (Å²) in [5.74, 6) is 0.434. The summed E-state index contributed by atoms with van der Waals surface area (Å²) in [6.45, 7) is 4.55. The van der Waals surface area contributed by atoms with Crippen LogP contribution in [-0.4, -0.2) is 52.3 Å². The number of aliphatic imine (C=N–C) groups is 1. The van der Waals surface area contributed by atoms with Crippen LogP contribution in [0, 0.1) is 12.7 Å². The first-order valence-corrected chi connectivity index (χ1v) is 10.2. The van der Waals surface area contributed by atoms with Crippen LogP contribution in [0.2, 0.25) is 0 Å². The predicted molar refractivity (Wildman–Crippen MR) is 120 cm³/mol. The third-order valence-electron chi connectivity index (χ3n) is 4.46. The van der Waals surface area contributed by atoms with Crippen molar-refractivity contribution < 1.29 is 18.7 Å². The molecule has 0 atom stereocenters. The van der Waals surface area contributed by atoms with Gasteiger partial charge in [0.2, 0.25) is 0 Å². The first-order chi connectivity index (χ1) is 15.0. The topological polar surface area (TPSA) is 84.0 Å². The number of carbonyl (C=O) groups is 1. The minimum Gasteiger partial charge on any atom is -0.493 e. The summed E-state index contributed by atoms with van der Waals surface area (Å²) in [5, 5.41) is 9.05. The highest BCUT2D eigenvalue weighted by atomic mass is 19.1. The van der Waals surface area contributed by atoms with Gasteiger partial charge in [-0.2, -0.15) is 0 Å². The number of hydrogen-bond donors (Lipinski definition) is 3. The summed E-state index contributed by atoms with van der Waals surface area (Å²) >= 11 is 0. The smallest absolute Gasteiger partial charge is 0.254 e. The van der Waals surface area contributed by atoms with E-state index in [1.165, 1.54) is 12.1 Å². The lowest BCUT2D eigenvalue weighted by Crippen LogP contribution is -2.41. The molecule has 0 fully saturated rings. The zero-order chi connectivity index (χ0) is 22.5. The van der Waals surface area contributed by atoms with Crippen molar-refractivity contribution >= 4 is 11.9 Å². The highest BCUT2D eigenvalue weighted by Crippen LogP contribution is 2.20. The first kappa shape index (κ1) is 24.1. The Morgan fingerprint density at radius 3 is 2.58 bits per heavy atom. The fraction of sp³-hybridized carbons (Fsp3) is 0.391. The molecule has 168 valence electrons. The molecule has 7 nitrogen and oxygen atoms in total. The van der Waals surface area contributed by atoms with Crippen LogP contribution in [0.4, 0.5) is 4.39 Å². The van der Waals surface area contributed by atoms with Crippen molar-refractivity contribution in [1.29, 1.82) is 0 Å². The van der Waals surface area contributed by atoms with Crippen molar-refractivity contribution in [2.75, 3.05) is 40.5 Å². The average molecular weight is 431 g/mol. The molecule has 0 aliphatic carbocycles. The van der Waals surface area contributed by atoms with Gasteiger partial charge in [0.05, 0.1) is 12.2 Å². The number of ether oxygens (including phenoxy) is 2. The van der Waals surface area contributed by atoms with E-state index in [0.717, 1.165) is 23.3 Å². The molecular weight excluding hydrogens is 399 g/mol. The van der Waals surface area contributed by atoms with Gasteiger partial charge >= 0.3 is 0 Å². The van der Waals surface area contributed by atoms with Gasteiger partial charge in [-0.15, -0.1) is 0 Å². The van der Waals surface area contributed by atoms with E-state index in [0.29, 0.717) is 38.8 Å². The van der Waals surface area contributed by atoms with Crippen LogP contribution in [0.25, 0.3) is 0 Å². The Bertz CT molecular complexity index is 874. The van der Waals surface area contributed by atoms with Crippen molar-refractivity contribution in [2.45, 2.75) is 19.9 Å². The number of guanidine groups is 1. The third-order valence-corrected chi connectivity index (χ3v) is 4.46. The zero-order valence-corrected chi connectivity index (χ0v) is 18.3. The van der Waals surface area contributed by atoms with E-state index < -0.39 is 11.7 Å². The van der Waals surface area contributed by atoms with Gasteiger partial charge < -0.3 is 25.4 Å². The highest BCUT2D eigenvalue weighted by Gasteiger charge is 2.10. The van der Waals surface area contributed by atoms with Crippen molar-refractivity contribution in [3.63, 3.8) is 0 Å². The molecule has 0 saturated heterocycles. The minimum absolute atomic E-state index is 0.0300. The van der Waals surface area contributed by atoms with Gasteiger partial charge in [0, 0.05) is 52.4 Å². The number of nitrogens with one attached hydrogen (secondary N) is 3. The van der Waals surface area contributed by atoms with E-state index in [1.54, 1.807) is 26.3 Å². The molecule has 2 aromatic rings. The predicted octanol–water partition coefficient (Wildman–Crippen LogP) is 2.64. The second-order valence-electron chi connectivity index (χ2n) is 6.89. The van der Waals surface area contributed by atoms with Gasteiger partial charge in [0.1, 0.15) is 11.6 Å². The third kappa shape index (κ3) is 8.25. The normalized spacial score (nSPS) is 11.2. The number of halogens is 1. The molecule has 0 aromatic heterocycles. The van der Waals surface area contributed by atoms with Gasteiger partial charge in [-0.3, -0.25) is 9.79 Å². The van der Waals surface area contributed by atoms with E-state index in [9.17, 15) is 9.18 Å². The largest absolute Gasteiger partial charge is 0.493 e. The fourth-order valence-electron chi connectivity index (χ4n) is 2.82. The zero-order valence-electron chi connectivity index (χ0n) is 18.3. The minimum atomic E-state index is -0.538. The van der Waals surface area contributed by atoms with Crippen molar-refractivity contribution in [1.82, 2.24) is 16.0 Å². The molecule has 0 aliphatic rings. The second-order valence-corrected chi connectivity index (χ2v) is 6.89. The maximum atomic E-state index is 13.6. The lowest BCUT2D eigenvalue weighted by molar-refractivity contribution is 0.0950. The van der Waals surface area contributed by atoms with Crippen LogP contribution in [0.1, 0.15) is 27.9 Å². The maximum Gasteiger partial charge on any atom is 0.254 e. The van der Waals surface area contributed by atoms with Gasteiger partial charge in [0.15, 0.2) is 5.96 Å². The van der Waals surface area contributed by atoms with Crippen molar-refractivity contribution in [2.24, 2.45) is 4.99 Å². The lowest BCUT2D eigenvalue weighted by Gasteiger charge is -2.16. The molecule has 2 aromatic carbocycles. The Kier molecular flexibility index (Phi) is 10.3. The van der Waals surface area contributed by atoms with Crippen LogP contribution >= 0.6 is 0 Å². The second kappa shape index (κ2) is 13.2. The standard InChI is InChI=1S/C23H31FN4O3/c1-17-9-10-18(21(15-17)31-14-6-13-30-3)16-28-23(25-2)27-12-11-26-22(29)19-7-4-5-8-20(19)24/h4-5,7-10,15H,6,11-14,16H2,1-3H3,(H,26,29)(H2,25,27,28). The SMILES string of the molecule is CN=C(NCCNC(=O)c1ccccc1F)NCc1ccc(C)cc1OCCCOC. The lowest BCUT2D eigenvalue weighted by atomic mass is 10.1. The number of methoxy groups -OCH3 is 1. The van der Waals surface area contributed by atoms with Crippen LogP contribution < -0.4 is 20.7 Å². The number of amides is 1. The summed E-state index contributed by atoms with van der Waals surface area (Å²) in [4.78, 5) is 16.2. The average Bonchev–Trinajstić information content (AvgIpc) is 2.77. The molecule has 0 bridgehead atoms. The van der Waals surface area contributed by atoms with Crippen LogP contribution in [0.15, 0.2) is 47.5 Å². The Labute approximate surface area is 183 Å². The van der Waals surface area contributed by atoms with E-state index in [-0.39, 0.29) is 5.56 Å². The summed E-state index contributed by atoms with van der Waals surface area (Å²) < 4.78 is 24.6. The van der Waals surface area contributed by atoms with Gasteiger partial charge in [-0.1, -0.05) is 24.3 Å². The molecule has 2 rings (SSSR count). The molecule has 0 heterocycles. The molecule has 0 unspecified atom stereocenters.